The average molecular weight is 354 g/mol. The van der Waals surface area contributed by atoms with Crippen LogP contribution in [0.5, 0.6) is 0 Å². The van der Waals surface area contributed by atoms with Crippen molar-refractivity contribution in [3.8, 4) is 0 Å². The molecule has 5 rings (SSSR count). The maximum atomic E-state index is 12.7. The lowest BCUT2D eigenvalue weighted by Crippen LogP contribution is -2.67. The van der Waals surface area contributed by atoms with Crippen LogP contribution in [0.3, 0.4) is 0 Å². The maximum absolute atomic E-state index is 12.7. The summed E-state index contributed by atoms with van der Waals surface area (Å²) in [4.78, 5) is 40.3. The van der Waals surface area contributed by atoms with Crippen LogP contribution in [0.25, 0.3) is 0 Å². The lowest BCUT2D eigenvalue weighted by molar-refractivity contribution is -0.136. The van der Waals surface area contributed by atoms with Crippen LogP contribution < -0.4 is 10.6 Å². The SMILES string of the molecule is O=C1CCC(N2Cc3cc(CN4C5CNCC4C5)ccc3C2=O)C(=O)N1. The van der Waals surface area contributed by atoms with Crippen LogP contribution in [0.15, 0.2) is 18.2 Å². The van der Waals surface area contributed by atoms with E-state index in [1.807, 2.05) is 12.1 Å². The molecule has 3 amide bonds. The molecule has 26 heavy (non-hydrogen) atoms. The normalized spacial score (nSPS) is 30.8. The van der Waals surface area contributed by atoms with Crippen LogP contribution in [0.1, 0.15) is 40.7 Å². The summed E-state index contributed by atoms with van der Waals surface area (Å²) < 4.78 is 0. The highest BCUT2D eigenvalue weighted by Gasteiger charge is 2.42. The molecule has 7 nitrogen and oxygen atoms in total. The fourth-order valence-corrected chi connectivity index (χ4v) is 4.76. The van der Waals surface area contributed by atoms with Gasteiger partial charge in [0.05, 0.1) is 0 Å². The Bertz CT molecular complexity index is 794. The summed E-state index contributed by atoms with van der Waals surface area (Å²) in [6, 6.07) is 6.75. The van der Waals surface area contributed by atoms with Gasteiger partial charge in [0.25, 0.3) is 5.91 Å². The van der Waals surface area contributed by atoms with E-state index in [1.165, 1.54) is 12.0 Å². The van der Waals surface area contributed by atoms with Gasteiger partial charge in [0.2, 0.25) is 11.8 Å². The lowest BCUT2D eigenvalue weighted by Gasteiger charge is -2.53. The van der Waals surface area contributed by atoms with Gasteiger partial charge in [-0.1, -0.05) is 12.1 Å². The Kier molecular flexibility index (Phi) is 3.62. The van der Waals surface area contributed by atoms with Crippen molar-refractivity contribution in [3.05, 3.63) is 34.9 Å². The van der Waals surface area contributed by atoms with Gasteiger partial charge in [-0.2, -0.15) is 0 Å². The quantitative estimate of drug-likeness (QED) is 0.747. The van der Waals surface area contributed by atoms with E-state index in [1.54, 1.807) is 4.90 Å². The van der Waals surface area contributed by atoms with Gasteiger partial charge in [0.1, 0.15) is 6.04 Å². The second kappa shape index (κ2) is 5.89. The summed E-state index contributed by atoms with van der Waals surface area (Å²) in [5.74, 6) is -0.720. The molecule has 7 heteroatoms. The number of nitrogens with zero attached hydrogens (tertiary/aromatic N) is 2. The van der Waals surface area contributed by atoms with Crippen LogP contribution in [0.2, 0.25) is 0 Å². The number of amides is 3. The number of imide groups is 1. The topological polar surface area (TPSA) is 81.8 Å². The summed E-state index contributed by atoms with van der Waals surface area (Å²) in [5, 5.41) is 5.79. The van der Waals surface area contributed by atoms with Gasteiger partial charge in [0.15, 0.2) is 0 Å². The minimum absolute atomic E-state index is 0.105. The van der Waals surface area contributed by atoms with Crippen molar-refractivity contribution in [2.45, 2.75) is 50.5 Å². The number of hydrogen-bond acceptors (Lipinski definition) is 5. The molecule has 0 aromatic heterocycles. The lowest BCUT2D eigenvalue weighted by atomic mass is 9.88. The van der Waals surface area contributed by atoms with Gasteiger partial charge >= 0.3 is 0 Å². The van der Waals surface area contributed by atoms with Gasteiger partial charge in [-0.05, 0) is 30.0 Å². The van der Waals surface area contributed by atoms with E-state index in [-0.39, 0.29) is 24.1 Å². The zero-order valence-corrected chi connectivity index (χ0v) is 14.5. The number of nitrogens with one attached hydrogen (secondary N) is 2. The first-order chi connectivity index (χ1) is 12.6. The van der Waals surface area contributed by atoms with E-state index in [9.17, 15) is 14.4 Å². The Hall–Kier alpha value is -2.25. The first-order valence-corrected chi connectivity index (χ1v) is 9.33. The van der Waals surface area contributed by atoms with Gasteiger partial charge < -0.3 is 10.2 Å². The highest BCUT2D eigenvalue weighted by atomic mass is 16.2. The number of hydrogen-bond donors (Lipinski definition) is 2. The van der Waals surface area contributed by atoms with Crippen molar-refractivity contribution < 1.29 is 14.4 Å². The predicted molar refractivity (Wildman–Crippen MR) is 93.1 cm³/mol. The molecule has 136 valence electrons. The highest BCUT2D eigenvalue weighted by molar-refractivity contribution is 6.05. The molecule has 3 unspecified atom stereocenters. The van der Waals surface area contributed by atoms with Gasteiger partial charge in [0, 0.05) is 50.2 Å². The largest absolute Gasteiger partial charge is 0.322 e. The van der Waals surface area contributed by atoms with Crippen LogP contribution in [0.4, 0.5) is 0 Å². The summed E-state index contributed by atoms with van der Waals surface area (Å²) in [7, 11) is 0. The van der Waals surface area contributed by atoms with E-state index in [0.29, 0.717) is 30.6 Å². The van der Waals surface area contributed by atoms with Crippen molar-refractivity contribution in [2.75, 3.05) is 13.1 Å². The fraction of sp³-hybridized carbons (Fsp3) is 0.526. The molecular formula is C19H22N4O3. The second-order valence-corrected chi connectivity index (χ2v) is 7.77. The molecule has 0 aliphatic carbocycles. The Morgan fingerprint density at radius 2 is 1.92 bits per heavy atom. The van der Waals surface area contributed by atoms with Crippen molar-refractivity contribution >= 4 is 17.7 Å². The summed E-state index contributed by atoms with van der Waals surface area (Å²) in [5.41, 5.74) is 2.89. The van der Waals surface area contributed by atoms with E-state index in [2.05, 4.69) is 21.6 Å². The van der Waals surface area contributed by atoms with E-state index in [4.69, 9.17) is 0 Å². The summed E-state index contributed by atoms with van der Waals surface area (Å²) in [6.07, 6.45) is 1.97. The molecule has 3 saturated heterocycles. The molecule has 2 bridgehead atoms. The van der Waals surface area contributed by atoms with E-state index in [0.717, 1.165) is 25.2 Å². The Balaban J connectivity index is 1.32. The number of piperazine rings is 1. The average Bonchev–Trinajstić information content (AvgIpc) is 2.96. The Morgan fingerprint density at radius 3 is 2.65 bits per heavy atom. The van der Waals surface area contributed by atoms with Crippen molar-refractivity contribution in [2.24, 2.45) is 0 Å². The number of fused-ring (bicyclic) bond motifs is 3. The molecule has 4 aliphatic heterocycles. The van der Waals surface area contributed by atoms with Crippen LogP contribution in [-0.2, 0) is 22.7 Å². The minimum atomic E-state index is -0.545. The molecule has 0 saturated carbocycles. The third-order valence-electron chi connectivity index (χ3n) is 6.20. The number of piperidine rings is 2. The summed E-state index contributed by atoms with van der Waals surface area (Å²) in [6.45, 7) is 3.48. The second-order valence-electron chi connectivity index (χ2n) is 7.77. The Labute approximate surface area is 151 Å². The monoisotopic (exact) mass is 354 g/mol. The zero-order chi connectivity index (χ0) is 17.8. The molecule has 4 aliphatic rings. The van der Waals surface area contributed by atoms with E-state index < -0.39 is 6.04 Å². The first-order valence-electron chi connectivity index (χ1n) is 9.33. The zero-order valence-electron chi connectivity index (χ0n) is 14.5. The van der Waals surface area contributed by atoms with Crippen LogP contribution in [0, 0.1) is 0 Å². The van der Waals surface area contributed by atoms with Crippen molar-refractivity contribution in [1.82, 2.24) is 20.4 Å². The highest BCUT2D eigenvalue weighted by Crippen LogP contribution is 2.32. The third-order valence-corrected chi connectivity index (χ3v) is 6.20. The molecule has 3 fully saturated rings. The van der Waals surface area contributed by atoms with Gasteiger partial charge in [-0.15, -0.1) is 0 Å². The number of carbonyl (C=O) groups is 3. The van der Waals surface area contributed by atoms with E-state index >= 15 is 0 Å². The number of rotatable bonds is 3. The summed E-state index contributed by atoms with van der Waals surface area (Å²) >= 11 is 0. The molecule has 2 N–H and O–H groups in total. The molecular weight excluding hydrogens is 332 g/mol. The first kappa shape index (κ1) is 16.0. The third kappa shape index (κ3) is 2.46. The molecule has 0 spiro atoms. The standard InChI is InChI=1S/C19H22N4O3/c24-17-4-3-16(18(25)21-17)23-10-12-5-11(1-2-15(12)19(23)26)9-22-13-6-14(22)8-20-7-13/h1-2,5,13-14,16,20H,3-4,6-10H2,(H,21,24,25). The minimum Gasteiger partial charge on any atom is -0.322 e. The van der Waals surface area contributed by atoms with Gasteiger partial charge in [-0.25, -0.2) is 0 Å². The molecule has 1 aromatic rings. The van der Waals surface area contributed by atoms with Crippen LogP contribution in [-0.4, -0.2) is 58.7 Å². The predicted octanol–water partition coefficient (Wildman–Crippen LogP) is -0.00630. The number of benzene rings is 1. The van der Waals surface area contributed by atoms with Gasteiger partial charge in [-0.3, -0.25) is 24.6 Å². The van der Waals surface area contributed by atoms with Crippen molar-refractivity contribution in [1.29, 1.82) is 0 Å². The molecule has 1 aromatic carbocycles. The van der Waals surface area contributed by atoms with Crippen LogP contribution >= 0.6 is 0 Å². The molecule has 4 heterocycles. The smallest absolute Gasteiger partial charge is 0.255 e. The van der Waals surface area contributed by atoms with Crippen molar-refractivity contribution in [3.63, 3.8) is 0 Å². The molecule has 3 atom stereocenters. The fourth-order valence-electron chi connectivity index (χ4n) is 4.76. The Morgan fingerprint density at radius 1 is 1.12 bits per heavy atom. The molecule has 0 radical (unpaired) electrons. The number of carbonyl (C=O) groups excluding carboxylic acids is 3. The maximum Gasteiger partial charge on any atom is 0.255 e.